The Morgan fingerprint density at radius 3 is 2.56 bits per heavy atom. The summed E-state index contributed by atoms with van der Waals surface area (Å²) >= 11 is 0. The molecule has 0 atom stereocenters. The number of alkyl halides is 3. The van der Waals surface area contributed by atoms with E-state index >= 15 is 0 Å². The van der Waals surface area contributed by atoms with Crippen molar-refractivity contribution in [2.24, 2.45) is 4.99 Å². The molecule has 16 heavy (non-hydrogen) atoms. The molecule has 1 rings (SSSR count). The topological polar surface area (TPSA) is 12.4 Å². The molecule has 0 aliphatic rings. The van der Waals surface area contributed by atoms with Gasteiger partial charge in [0.25, 0.3) is 0 Å². The van der Waals surface area contributed by atoms with Crippen molar-refractivity contribution in [1.82, 2.24) is 0 Å². The lowest BCUT2D eigenvalue weighted by atomic mass is 10.1. The van der Waals surface area contributed by atoms with Crippen LogP contribution in [0.1, 0.15) is 25.0 Å². The Balaban J connectivity index is 2.87. The van der Waals surface area contributed by atoms with Crippen LogP contribution in [-0.4, -0.2) is 12.3 Å². The van der Waals surface area contributed by atoms with Crippen molar-refractivity contribution in [2.45, 2.75) is 26.4 Å². The summed E-state index contributed by atoms with van der Waals surface area (Å²) in [6.45, 7) is 4.38. The van der Waals surface area contributed by atoms with Gasteiger partial charge >= 0.3 is 6.18 Å². The van der Waals surface area contributed by atoms with Crippen molar-refractivity contribution in [3.05, 3.63) is 35.4 Å². The van der Waals surface area contributed by atoms with Crippen LogP contribution in [0.15, 0.2) is 29.3 Å². The third-order valence-corrected chi connectivity index (χ3v) is 2.14. The zero-order chi connectivity index (χ0) is 12.2. The second-order valence-electron chi connectivity index (χ2n) is 3.58. The number of hydrogen-bond donors (Lipinski definition) is 0. The van der Waals surface area contributed by atoms with E-state index < -0.39 is 11.7 Å². The van der Waals surface area contributed by atoms with Crippen molar-refractivity contribution < 1.29 is 13.2 Å². The first kappa shape index (κ1) is 12.7. The lowest BCUT2D eigenvalue weighted by Crippen LogP contribution is -2.06. The molecular formula is C12H14F3N. The largest absolute Gasteiger partial charge is 0.416 e. The number of hydrogen-bond acceptors (Lipinski definition) is 1. The molecule has 0 saturated carbocycles. The number of halogens is 3. The molecule has 0 spiro atoms. The van der Waals surface area contributed by atoms with Crippen LogP contribution in [0.4, 0.5) is 13.2 Å². The third-order valence-electron chi connectivity index (χ3n) is 2.14. The zero-order valence-corrected chi connectivity index (χ0v) is 9.30. The minimum absolute atomic E-state index is 0.470. The SMILES string of the molecule is CCN=C(C)Cc1cccc(C(F)(F)F)c1. The minimum atomic E-state index is -4.27. The average molecular weight is 229 g/mol. The van der Waals surface area contributed by atoms with Gasteiger partial charge in [-0.05, 0) is 25.5 Å². The fourth-order valence-electron chi connectivity index (χ4n) is 1.48. The van der Waals surface area contributed by atoms with Gasteiger partial charge in [-0.25, -0.2) is 0 Å². The number of aliphatic imine (C=N–C) groups is 1. The van der Waals surface area contributed by atoms with Gasteiger partial charge in [-0.1, -0.05) is 18.2 Å². The van der Waals surface area contributed by atoms with Crippen molar-refractivity contribution in [3.8, 4) is 0 Å². The first-order valence-corrected chi connectivity index (χ1v) is 5.09. The summed E-state index contributed by atoms with van der Waals surface area (Å²) in [6, 6.07) is 5.37. The van der Waals surface area contributed by atoms with Crippen LogP contribution in [0.25, 0.3) is 0 Å². The van der Waals surface area contributed by atoms with Crippen LogP contribution >= 0.6 is 0 Å². The first-order chi connectivity index (χ1) is 7.43. The van der Waals surface area contributed by atoms with Crippen LogP contribution in [0.2, 0.25) is 0 Å². The van der Waals surface area contributed by atoms with Gasteiger partial charge in [0.2, 0.25) is 0 Å². The van der Waals surface area contributed by atoms with E-state index in [9.17, 15) is 13.2 Å². The van der Waals surface area contributed by atoms with E-state index in [1.807, 2.05) is 13.8 Å². The summed E-state index contributed by atoms with van der Waals surface area (Å²) in [4.78, 5) is 4.15. The molecule has 1 aromatic carbocycles. The quantitative estimate of drug-likeness (QED) is 0.700. The number of benzene rings is 1. The Labute approximate surface area is 93.0 Å². The number of nitrogens with zero attached hydrogens (tertiary/aromatic N) is 1. The maximum Gasteiger partial charge on any atom is 0.416 e. The van der Waals surface area contributed by atoms with Crippen LogP contribution < -0.4 is 0 Å². The third kappa shape index (κ3) is 3.68. The highest BCUT2D eigenvalue weighted by Gasteiger charge is 2.30. The van der Waals surface area contributed by atoms with Crippen molar-refractivity contribution in [3.63, 3.8) is 0 Å². The molecule has 0 unspecified atom stereocenters. The van der Waals surface area contributed by atoms with E-state index in [-0.39, 0.29) is 0 Å². The van der Waals surface area contributed by atoms with E-state index in [2.05, 4.69) is 4.99 Å². The monoisotopic (exact) mass is 229 g/mol. The van der Waals surface area contributed by atoms with E-state index in [1.54, 1.807) is 6.07 Å². The Morgan fingerprint density at radius 1 is 1.31 bits per heavy atom. The molecule has 0 aromatic heterocycles. The Bertz CT molecular complexity index is 380. The lowest BCUT2D eigenvalue weighted by Gasteiger charge is -2.08. The van der Waals surface area contributed by atoms with Crippen molar-refractivity contribution in [1.29, 1.82) is 0 Å². The van der Waals surface area contributed by atoms with Gasteiger partial charge in [0.05, 0.1) is 5.56 Å². The van der Waals surface area contributed by atoms with Gasteiger partial charge in [-0.3, -0.25) is 4.99 Å². The molecule has 0 radical (unpaired) electrons. The van der Waals surface area contributed by atoms with Crippen LogP contribution in [0.3, 0.4) is 0 Å². The fraction of sp³-hybridized carbons (Fsp3) is 0.417. The molecule has 0 aliphatic heterocycles. The van der Waals surface area contributed by atoms with Gasteiger partial charge in [0.15, 0.2) is 0 Å². The van der Waals surface area contributed by atoms with Crippen molar-refractivity contribution in [2.75, 3.05) is 6.54 Å². The van der Waals surface area contributed by atoms with E-state index in [0.717, 1.165) is 11.8 Å². The van der Waals surface area contributed by atoms with Gasteiger partial charge in [0.1, 0.15) is 0 Å². The van der Waals surface area contributed by atoms with E-state index in [4.69, 9.17) is 0 Å². The maximum atomic E-state index is 12.4. The summed E-state index contributed by atoms with van der Waals surface area (Å²) in [5.74, 6) is 0. The van der Waals surface area contributed by atoms with Gasteiger partial charge in [-0.2, -0.15) is 13.2 Å². The number of rotatable bonds is 3. The van der Waals surface area contributed by atoms with Gasteiger partial charge in [-0.15, -0.1) is 0 Å². The Hall–Kier alpha value is -1.32. The molecule has 0 amide bonds. The van der Waals surface area contributed by atoms with Gasteiger partial charge in [0, 0.05) is 18.7 Å². The van der Waals surface area contributed by atoms with Gasteiger partial charge < -0.3 is 0 Å². The van der Waals surface area contributed by atoms with E-state index in [1.165, 1.54) is 12.1 Å². The molecular weight excluding hydrogens is 215 g/mol. The summed E-state index contributed by atoms with van der Waals surface area (Å²) in [6.07, 6.45) is -3.80. The Kier molecular flexibility index (Phi) is 4.10. The minimum Gasteiger partial charge on any atom is -0.294 e. The summed E-state index contributed by atoms with van der Waals surface area (Å²) in [7, 11) is 0. The molecule has 1 nitrogen and oxygen atoms in total. The Morgan fingerprint density at radius 2 is 2.00 bits per heavy atom. The molecule has 0 aliphatic carbocycles. The zero-order valence-electron chi connectivity index (χ0n) is 9.30. The molecule has 0 heterocycles. The highest BCUT2D eigenvalue weighted by Crippen LogP contribution is 2.29. The molecule has 0 bridgehead atoms. The standard InChI is InChI=1S/C12H14F3N/c1-3-16-9(2)7-10-5-4-6-11(8-10)12(13,14)15/h4-6,8H,3,7H2,1-2H3. The van der Waals surface area contributed by atoms with Crippen LogP contribution in [-0.2, 0) is 12.6 Å². The average Bonchev–Trinajstić information content (AvgIpc) is 2.17. The highest BCUT2D eigenvalue weighted by atomic mass is 19.4. The molecule has 88 valence electrons. The first-order valence-electron chi connectivity index (χ1n) is 5.09. The lowest BCUT2D eigenvalue weighted by molar-refractivity contribution is -0.137. The molecule has 0 fully saturated rings. The van der Waals surface area contributed by atoms with Crippen LogP contribution in [0.5, 0.6) is 0 Å². The summed E-state index contributed by atoms with van der Waals surface area (Å²) in [5.41, 5.74) is 0.889. The second-order valence-corrected chi connectivity index (χ2v) is 3.58. The van der Waals surface area contributed by atoms with E-state index in [0.29, 0.717) is 18.5 Å². The maximum absolute atomic E-state index is 12.4. The highest BCUT2D eigenvalue weighted by molar-refractivity contribution is 5.84. The second kappa shape index (κ2) is 5.14. The molecule has 0 N–H and O–H groups in total. The normalized spacial score (nSPS) is 12.9. The fourth-order valence-corrected chi connectivity index (χ4v) is 1.48. The van der Waals surface area contributed by atoms with Crippen LogP contribution in [0, 0.1) is 0 Å². The molecule has 0 saturated heterocycles. The van der Waals surface area contributed by atoms with Crippen molar-refractivity contribution >= 4 is 5.71 Å². The summed E-state index contributed by atoms with van der Waals surface area (Å²) < 4.78 is 37.3. The molecule has 4 heteroatoms. The smallest absolute Gasteiger partial charge is 0.294 e. The molecule has 1 aromatic rings. The summed E-state index contributed by atoms with van der Waals surface area (Å²) in [5, 5.41) is 0. The predicted molar refractivity (Wildman–Crippen MR) is 58.8 cm³/mol. The predicted octanol–water partition coefficient (Wildman–Crippen LogP) is 3.73.